The Balaban J connectivity index is 2.63. The van der Waals surface area contributed by atoms with Gasteiger partial charge >= 0.3 is 6.03 Å². The first kappa shape index (κ1) is 18.2. The number of alkyl halides is 2. The molecule has 2 amide bonds. The molecule has 3 N–H and O–H groups in total. The predicted octanol–water partition coefficient (Wildman–Crippen LogP) is 2.86. The Morgan fingerprint density at radius 2 is 2.00 bits per heavy atom. The first-order chi connectivity index (χ1) is 10.4. The lowest BCUT2D eigenvalue weighted by Crippen LogP contribution is -2.41. The molecule has 0 bridgehead atoms. The number of anilines is 1. The van der Waals surface area contributed by atoms with Crippen LogP contribution >= 0.6 is 0 Å². The van der Waals surface area contributed by atoms with Crippen LogP contribution in [0.1, 0.15) is 20.3 Å². The monoisotopic (exact) mass is 316 g/mol. The minimum absolute atomic E-state index is 0.169. The molecular formula is C15H22F2N2O3. The van der Waals surface area contributed by atoms with Crippen LogP contribution in [0.25, 0.3) is 0 Å². The summed E-state index contributed by atoms with van der Waals surface area (Å²) in [6.07, 6.45) is -1.96. The summed E-state index contributed by atoms with van der Waals surface area (Å²) in [6.45, 7) is 3.05. The zero-order valence-electron chi connectivity index (χ0n) is 12.7. The number of halogens is 2. The smallest absolute Gasteiger partial charge is 0.319 e. The highest BCUT2D eigenvalue weighted by Gasteiger charge is 2.15. The molecule has 124 valence electrons. The van der Waals surface area contributed by atoms with Crippen molar-refractivity contribution < 1.29 is 23.4 Å². The average Bonchev–Trinajstić information content (AvgIpc) is 2.45. The zero-order chi connectivity index (χ0) is 16.5. The summed E-state index contributed by atoms with van der Waals surface area (Å²) in [7, 11) is 0. The Morgan fingerprint density at radius 3 is 2.59 bits per heavy atom. The SMILES string of the molecule is CC(C)CC(CO)NC(=O)Nc1ccccc1OCC(F)F. The molecule has 0 aliphatic carbocycles. The van der Waals surface area contributed by atoms with Gasteiger partial charge in [-0.25, -0.2) is 13.6 Å². The Bertz CT molecular complexity index is 470. The second-order valence-corrected chi connectivity index (χ2v) is 5.31. The molecule has 0 saturated heterocycles. The summed E-state index contributed by atoms with van der Waals surface area (Å²) in [6, 6.07) is 5.44. The summed E-state index contributed by atoms with van der Waals surface area (Å²) >= 11 is 0. The summed E-state index contributed by atoms with van der Waals surface area (Å²) in [5.41, 5.74) is 0.293. The Kier molecular flexibility index (Phi) is 7.59. The molecule has 1 aromatic rings. The molecule has 0 spiro atoms. The van der Waals surface area contributed by atoms with E-state index in [2.05, 4.69) is 10.6 Å². The highest BCUT2D eigenvalue weighted by Crippen LogP contribution is 2.24. The number of benzene rings is 1. The van der Waals surface area contributed by atoms with Crippen LogP contribution < -0.4 is 15.4 Å². The summed E-state index contributed by atoms with van der Waals surface area (Å²) in [5, 5.41) is 14.4. The molecular weight excluding hydrogens is 294 g/mol. The van der Waals surface area contributed by atoms with E-state index in [0.29, 0.717) is 18.0 Å². The standard InChI is InChI=1S/C15H22F2N2O3/c1-10(2)7-11(8-20)18-15(21)19-12-5-3-4-6-13(12)22-9-14(16)17/h3-6,10-11,14,20H,7-9H2,1-2H3,(H2,18,19,21). The van der Waals surface area contributed by atoms with Gasteiger partial charge in [-0.05, 0) is 24.5 Å². The molecule has 0 aliphatic heterocycles. The number of hydrogen-bond donors (Lipinski definition) is 3. The fraction of sp³-hybridized carbons (Fsp3) is 0.533. The Morgan fingerprint density at radius 1 is 1.32 bits per heavy atom. The van der Waals surface area contributed by atoms with Crippen molar-refractivity contribution in [2.45, 2.75) is 32.7 Å². The molecule has 1 atom stereocenters. The summed E-state index contributed by atoms with van der Waals surface area (Å²) < 4.78 is 29.4. The topological polar surface area (TPSA) is 70.6 Å². The number of hydrogen-bond acceptors (Lipinski definition) is 3. The van der Waals surface area contributed by atoms with Crippen LogP contribution in [0.3, 0.4) is 0 Å². The molecule has 0 aromatic heterocycles. The van der Waals surface area contributed by atoms with Crippen LogP contribution in [0.4, 0.5) is 19.3 Å². The largest absolute Gasteiger partial charge is 0.485 e. The second kappa shape index (κ2) is 9.19. The van der Waals surface area contributed by atoms with Gasteiger partial charge in [0.25, 0.3) is 6.43 Å². The number of aliphatic hydroxyl groups is 1. The normalized spacial score (nSPS) is 12.3. The van der Waals surface area contributed by atoms with E-state index < -0.39 is 19.1 Å². The first-order valence-corrected chi connectivity index (χ1v) is 7.10. The predicted molar refractivity (Wildman–Crippen MR) is 80.4 cm³/mol. The van der Waals surface area contributed by atoms with E-state index in [1.807, 2.05) is 13.8 Å². The van der Waals surface area contributed by atoms with E-state index in [1.165, 1.54) is 6.07 Å². The minimum atomic E-state index is -2.59. The van der Waals surface area contributed by atoms with Crippen molar-refractivity contribution in [3.05, 3.63) is 24.3 Å². The van der Waals surface area contributed by atoms with Gasteiger partial charge in [0.15, 0.2) is 0 Å². The van der Waals surface area contributed by atoms with Crippen molar-refractivity contribution in [2.75, 3.05) is 18.5 Å². The van der Waals surface area contributed by atoms with Crippen molar-refractivity contribution in [3.63, 3.8) is 0 Å². The highest BCUT2D eigenvalue weighted by atomic mass is 19.3. The maximum atomic E-state index is 12.2. The van der Waals surface area contributed by atoms with Gasteiger partial charge in [0.2, 0.25) is 0 Å². The number of carbonyl (C=O) groups excluding carboxylic acids is 1. The molecule has 5 nitrogen and oxygen atoms in total. The molecule has 0 heterocycles. The third kappa shape index (κ3) is 6.71. The van der Waals surface area contributed by atoms with Gasteiger partial charge < -0.3 is 20.5 Å². The highest BCUT2D eigenvalue weighted by molar-refractivity contribution is 5.91. The number of amides is 2. The van der Waals surface area contributed by atoms with Crippen LogP contribution in [0.15, 0.2) is 24.3 Å². The molecule has 0 saturated carbocycles. The van der Waals surface area contributed by atoms with Crippen LogP contribution in [0.2, 0.25) is 0 Å². The molecule has 7 heteroatoms. The van der Waals surface area contributed by atoms with Crippen molar-refractivity contribution in [1.82, 2.24) is 5.32 Å². The fourth-order valence-electron chi connectivity index (χ4n) is 1.94. The quantitative estimate of drug-likeness (QED) is 0.690. The number of ether oxygens (including phenoxy) is 1. The molecule has 0 radical (unpaired) electrons. The summed E-state index contributed by atoms with van der Waals surface area (Å²) in [5.74, 6) is 0.487. The average molecular weight is 316 g/mol. The van der Waals surface area contributed by atoms with Crippen molar-refractivity contribution >= 4 is 11.7 Å². The summed E-state index contributed by atoms with van der Waals surface area (Å²) in [4.78, 5) is 11.9. The Labute approximate surface area is 128 Å². The third-order valence-corrected chi connectivity index (χ3v) is 2.81. The van der Waals surface area contributed by atoms with E-state index in [4.69, 9.17) is 4.74 Å². The van der Waals surface area contributed by atoms with Crippen LogP contribution in [-0.4, -0.2) is 36.8 Å². The van der Waals surface area contributed by atoms with Gasteiger partial charge in [0, 0.05) is 0 Å². The maximum Gasteiger partial charge on any atom is 0.319 e. The molecule has 1 unspecified atom stereocenters. The van der Waals surface area contributed by atoms with Gasteiger partial charge in [0.05, 0.1) is 18.3 Å². The van der Waals surface area contributed by atoms with Gasteiger partial charge in [-0.2, -0.15) is 0 Å². The van der Waals surface area contributed by atoms with E-state index in [-0.39, 0.29) is 18.4 Å². The fourth-order valence-corrected chi connectivity index (χ4v) is 1.94. The zero-order valence-corrected chi connectivity index (χ0v) is 12.7. The van der Waals surface area contributed by atoms with Crippen molar-refractivity contribution in [3.8, 4) is 5.75 Å². The number of urea groups is 1. The number of nitrogens with one attached hydrogen (secondary N) is 2. The van der Waals surface area contributed by atoms with E-state index in [1.54, 1.807) is 18.2 Å². The molecule has 0 aliphatic rings. The van der Waals surface area contributed by atoms with Crippen molar-refractivity contribution in [2.24, 2.45) is 5.92 Å². The van der Waals surface area contributed by atoms with Crippen LogP contribution in [-0.2, 0) is 0 Å². The van der Waals surface area contributed by atoms with Gasteiger partial charge in [-0.3, -0.25) is 0 Å². The minimum Gasteiger partial charge on any atom is -0.485 e. The van der Waals surface area contributed by atoms with Crippen molar-refractivity contribution in [1.29, 1.82) is 0 Å². The lowest BCUT2D eigenvalue weighted by molar-refractivity contribution is 0.0822. The van der Waals surface area contributed by atoms with E-state index in [0.717, 1.165) is 0 Å². The van der Waals surface area contributed by atoms with E-state index in [9.17, 15) is 18.7 Å². The van der Waals surface area contributed by atoms with Crippen LogP contribution in [0.5, 0.6) is 5.75 Å². The lowest BCUT2D eigenvalue weighted by Gasteiger charge is -2.19. The first-order valence-electron chi connectivity index (χ1n) is 7.10. The maximum absolute atomic E-state index is 12.2. The molecule has 22 heavy (non-hydrogen) atoms. The van der Waals surface area contributed by atoms with Gasteiger partial charge in [-0.15, -0.1) is 0 Å². The molecule has 1 aromatic carbocycles. The molecule has 1 rings (SSSR count). The van der Waals surface area contributed by atoms with Crippen LogP contribution in [0, 0.1) is 5.92 Å². The number of aliphatic hydroxyl groups excluding tert-OH is 1. The third-order valence-electron chi connectivity index (χ3n) is 2.81. The number of para-hydroxylation sites is 2. The van der Waals surface area contributed by atoms with Gasteiger partial charge in [-0.1, -0.05) is 26.0 Å². The Hall–Kier alpha value is -1.89. The lowest BCUT2D eigenvalue weighted by atomic mass is 10.0. The molecule has 0 fully saturated rings. The second-order valence-electron chi connectivity index (χ2n) is 5.31. The van der Waals surface area contributed by atoms with Gasteiger partial charge in [0.1, 0.15) is 12.4 Å². The number of rotatable bonds is 8. The number of carbonyl (C=O) groups is 1. The van der Waals surface area contributed by atoms with E-state index >= 15 is 0 Å².